The van der Waals surface area contributed by atoms with Crippen molar-refractivity contribution in [3.8, 4) is 0 Å². The van der Waals surface area contributed by atoms with Crippen molar-refractivity contribution in [2.45, 2.75) is 11.4 Å². The molecule has 1 aromatic heterocycles. The van der Waals surface area contributed by atoms with E-state index in [9.17, 15) is 17.6 Å². The highest BCUT2D eigenvalue weighted by atomic mass is 79.9. The van der Waals surface area contributed by atoms with Crippen LogP contribution < -0.4 is 9.52 Å². The summed E-state index contributed by atoms with van der Waals surface area (Å²) in [7, 11) is -3.94. The van der Waals surface area contributed by atoms with Gasteiger partial charge in [0.2, 0.25) is 0 Å². The van der Waals surface area contributed by atoms with E-state index in [1.54, 1.807) is 18.2 Å². The van der Waals surface area contributed by atoms with Gasteiger partial charge in [-0.3, -0.25) is 9.52 Å². The van der Waals surface area contributed by atoms with Crippen molar-refractivity contribution in [3.63, 3.8) is 0 Å². The molecular weight excluding hydrogens is 529 g/mol. The smallest absolute Gasteiger partial charge is 0.279 e. The fraction of sp³-hybridized carbons (Fsp3) is 0.0435. The summed E-state index contributed by atoms with van der Waals surface area (Å²) in [5.41, 5.74) is 1.34. The van der Waals surface area contributed by atoms with Gasteiger partial charge < -0.3 is 4.57 Å². The molecule has 0 aliphatic carbocycles. The average Bonchev–Trinajstić information content (AvgIpc) is 3.10. The number of thiazole rings is 1. The predicted molar refractivity (Wildman–Crippen MR) is 131 cm³/mol. The van der Waals surface area contributed by atoms with E-state index >= 15 is 0 Å². The molecule has 0 fully saturated rings. The number of amides is 1. The molecule has 0 saturated carbocycles. The molecule has 10 heteroatoms. The largest absolute Gasteiger partial charge is 0.312 e. The van der Waals surface area contributed by atoms with Crippen LogP contribution in [0.4, 0.5) is 10.1 Å². The van der Waals surface area contributed by atoms with E-state index in [1.807, 2.05) is 22.8 Å². The first-order valence-electron chi connectivity index (χ1n) is 9.64. The number of fused-ring (bicyclic) bond motifs is 1. The molecule has 0 bridgehead atoms. The summed E-state index contributed by atoms with van der Waals surface area (Å²) in [4.78, 5) is 17.6. The molecule has 0 aliphatic heterocycles. The summed E-state index contributed by atoms with van der Waals surface area (Å²) in [6.07, 6.45) is 1.72. The first-order chi connectivity index (χ1) is 15.8. The number of nitrogens with zero attached hydrogens (tertiary/aromatic N) is 2. The molecule has 33 heavy (non-hydrogen) atoms. The molecule has 0 saturated heterocycles. The van der Waals surface area contributed by atoms with E-state index in [-0.39, 0.29) is 16.1 Å². The number of anilines is 1. The van der Waals surface area contributed by atoms with Gasteiger partial charge >= 0.3 is 0 Å². The number of nitrogens with one attached hydrogen (secondary N) is 1. The lowest BCUT2D eigenvalue weighted by atomic mass is 10.2. The number of aromatic nitrogens is 1. The number of carbonyl (C=O) groups excluding carboxylic acids is 1. The molecule has 0 atom stereocenters. The topological polar surface area (TPSA) is 80.5 Å². The molecule has 1 amide bonds. The maximum absolute atomic E-state index is 13.1. The molecule has 168 valence electrons. The monoisotopic (exact) mass is 545 g/mol. The van der Waals surface area contributed by atoms with Crippen LogP contribution in [0.25, 0.3) is 10.2 Å². The SMILES string of the molecule is C=CCn1c(=NC(=O)c2cccc(NS(=O)(=O)c3ccc(F)cc3)c2)sc2cc(Br)ccc21. The van der Waals surface area contributed by atoms with E-state index in [2.05, 4.69) is 32.2 Å². The highest BCUT2D eigenvalue weighted by molar-refractivity contribution is 9.10. The Balaban J connectivity index is 1.67. The maximum atomic E-state index is 13.1. The zero-order chi connectivity index (χ0) is 23.6. The normalized spacial score (nSPS) is 12.1. The van der Waals surface area contributed by atoms with E-state index in [0.717, 1.165) is 26.8 Å². The lowest BCUT2D eigenvalue weighted by molar-refractivity contribution is 0.0998. The van der Waals surface area contributed by atoms with Gasteiger partial charge in [-0.2, -0.15) is 4.99 Å². The molecule has 0 radical (unpaired) electrons. The first-order valence-corrected chi connectivity index (χ1v) is 12.7. The van der Waals surface area contributed by atoms with Crippen molar-refractivity contribution in [3.05, 3.63) is 100 Å². The van der Waals surface area contributed by atoms with Crippen LogP contribution >= 0.6 is 27.3 Å². The summed E-state index contributed by atoms with van der Waals surface area (Å²) in [6.45, 7) is 4.25. The average molecular weight is 546 g/mol. The van der Waals surface area contributed by atoms with Gasteiger partial charge in [0.25, 0.3) is 15.9 Å². The number of halogens is 2. The van der Waals surface area contributed by atoms with Gasteiger partial charge in [-0.1, -0.05) is 39.4 Å². The first kappa shape index (κ1) is 23.1. The van der Waals surface area contributed by atoms with Gasteiger partial charge in [0, 0.05) is 22.3 Å². The van der Waals surface area contributed by atoms with Gasteiger partial charge in [0.1, 0.15) is 5.82 Å². The number of hydrogen-bond donors (Lipinski definition) is 1. The zero-order valence-corrected chi connectivity index (χ0v) is 20.3. The number of sulfonamides is 1. The van der Waals surface area contributed by atoms with Crippen molar-refractivity contribution in [1.29, 1.82) is 0 Å². The van der Waals surface area contributed by atoms with Gasteiger partial charge in [-0.05, 0) is 60.7 Å². The third-order valence-electron chi connectivity index (χ3n) is 4.64. The number of rotatable bonds is 6. The minimum Gasteiger partial charge on any atom is -0.312 e. The van der Waals surface area contributed by atoms with E-state index < -0.39 is 21.7 Å². The van der Waals surface area contributed by atoms with Crippen molar-refractivity contribution in [2.24, 2.45) is 4.99 Å². The van der Waals surface area contributed by atoms with Crippen LogP contribution in [0, 0.1) is 5.82 Å². The molecule has 0 spiro atoms. The summed E-state index contributed by atoms with van der Waals surface area (Å²) < 4.78 is 44.4. The Kier molecular flexibility index (Phi) is 6.59. The molecule has 4 rings (SSSR count). The van der Waals surface area contributed by atoms with E-state index in [4.69, 9.17) is 0 Å². The standard InChI is InChI=1S/C23H17BrFN3O3S2/c1-2-12-28-20-11-6-16(24)14-21(20)32-23(28)26-22(29)15-4-3-5-18(13-15)27-33(30,31)19-9-7-17(25)8-10-19/h2-11,13-14,27H,1,12H2. The number of allylic oxidation sites excluding steroid dienone is 1. The van der Waals surface area contributed by atoms with Crippen molar-refractivity contribution < 1.29 is 17.6 Å². The number of benzene rings is 3. The minimum atomic E-state index is -3.94. The van der Waals surface area contributed by atoms with Crippen LogP contribution in [0.3, 0.4) is 0 Å². The molecule has 1 heterocycles. The van der Waals surface area contributed by atoms with Crippen LogP contribution in [0.2, 0.25) is 0 Å². The Hall–Kier alpha value is -3.08. The summed E-state index contributed by atoms with van der Waals surface area (Å²) in [6, 6.07) is 16.3. The Morgan fingerprint density at radius 1 is 1.15 bits per heavy atom. The predicted octanol–water partition coefficient (Wildman–Crippen LogP) is 5.33. The van der Waals surface area contributed by atoms with Crippen LogP contribution in [0.1, 0.15) is 10.4 Å². The van der Waals surface area contributed by atoms with Crippen LogP contribution in [-0.2, 0) is 16.6 Å². The Bertz CT molecular complexity index is 1540. The quantitative estimate of drug-likeness (QED) is 0.332. The summed E-state index contributed by atoms with van der Waals surface area (Å²) in [5, 5.41) is 0. The second-order valence-electron chi connectivity index (χ2n) is 6.95. The van der Waals surface area contributed by atoms with Crippen LogP contribution in [-0.4, -0.2) is 18.9 Å². The number of carbonyl (C=O) groups is 1. The highest BCUT2D eigenvalue weighted by Crippen LogP contribution is 2.23. The lowest BCUT2D eigenvalue weighted by Crippen LogP contribution is -2.16. The Morgan fingerprint density at radius 2 is 1.91 bits per heavy atom. The third kappa shape index (κ3) is 5.13. The van der Waals surface area contributed by atoms with Crippen LogP contribution in [0.15, 0.2) is 93.7 Å². The molecule has 6 nitrogen and oxygen atoms in total. The van der Waals surface area contributed by atoms with Gasteiger partial charge in [0.15, 0.2) is 4.80 Å². The van der Waals surface area contributed by atoms with Crippen molar-refractivity contribution in [1.82, 2.24) is 4.57 Å². The van der Waals surface area contributed by atoms with Crippen LogP contribution in [0.5, 0.6) is 0 Å². The van der Waals surface area contributed by atoms with Gasteiger partial charge in [0.05, 0.1) is 15.1 Å². The van der Waals surface area contributed by atoms with Gasteiger partial charge in [-0.25, -0.2) is 12.8 Å². The molecule has 0 unspecified atom stereocenters. The summed E-state index contributed by atoms with van der Waals surface area (Å²) >= 11 is 4.82. The molecule has 3 aromatic carbocycles. The Morgan fingerprint density at radius 3 is 2.64 bits per heavy atom. The zero-order valence-electron chi connectivity index (χ0n) is 17.0. The van der Waals surface area contributed by atoms with Crippen molar-refractivity contribution in [2.75, 3.05) is 4.72 Å². The molecule has 4 aromatic rings. The maximum Gasteiger partial charge on any atom is 0.279 e. The van der Waals surface area contributed by atoms with Crippen molar-refractivity contribution >= 4 is 59.1 Å². The number of hydrogen-bond acceptors (Lipinski definition) is 4. The van der Waals surface area contributed by atoms with E-state index in [0.29, 0.717) is 11.3 Å². The summed E-state index contributed by atoms with van der Waals surface area (Å²) in [5.74, 6) is -1.05. The van der Waals surface area contributed by atoms with E-state index in [1.165, 1.54) is 35.6 Å². The Labute approximate surface area is 201 Å². The fourth-order valence-electron chi connectivity index (χ4n) is 3.13. The fourth-order valence-corrected chi connectivity index (χ4v) is 5.77. The highest BCUT2D eigenvalue weighted by Gasteiger charge is 2.15. The second kappa shape index (κ2) is 9.42. The minimum absolute atomic E-state index is 0.0905. The third-order valence-corrected chi connectivity index (χ3v) is 7.57. The second-order valence-corrected chi connectivity index (χ2v) is 10.6. The lowest BCUT2D eigenvalue weighted by Gasteiger charge is -2.08. The van der Waals surface area contributed by atoms with Gasteiger partial charge in [-0.15, -0.1) is 6.58 Å². The molecular formula is C23H17BrFN3O3S2. The molecule has 0 aliphatic rings. The molecule has 1 N–H and O–H groups in total.